The number of halogens is 4. The van der Waals surface area contributed by atoms with Gasteiger partial charge in [-0.3, -0.25) is 14.4 Å². The monoisotopic (exact) mass is 825 g/mol. The number of alkyl halides is 3. The molecule has 8 rings (SSSR count). The van der Waals surface area contributed by atoms with Crippen molar-refractivity contribution in [2.75, 3.05) is 33.3 Å². The van der Waals surface area contributed by atoms with E-state index in [2.05, 4.69) is 15.3 Å². The van der Waals surface area contributed by atoms with Gasteiger partial charge < -0.3 is 24.2 Å². The van der Waals surface area contributed by atoms with Gasteiger partial charge in [0.05, 0.1) is 42.5 Å². The number of hydrogen-bond acceptors (Lipinski definition) is 8. The van der Waals surface area contributed by atoms with Crippen LogP contribution in [0.5, 0.6) is 5.88 Å². The number of carbonyl (C=O) groups excluding carboxylic acids is 3. The zero-order chi connectivity index (χ0) is 42.0. The summed E-state index contributed by atoms with van der Waals surface area (Å²) in [5.41, 5.74) is 1.52. The molecule has 0 radical (unpaired) electrons. The van der Waals surface area contributed by atoms with E-state index in [0.717, 1.165) is 17.7 Å². The lowest BCUT2D eigenvalue weighted by atomic mass is 9.80. The van der Waals surface area contributed by atoms with Crippen molar-refractivity contribution >= 4 is 17.7 Å². The van der Waals surface area contributed by atoms with Crippen molar-refractivity contribution in [3.8, 4) is 22.8 Å². The Kier molecular flexibility index (Phi) is 11.6. The van der Waals surface area contributed by atoms with Gasteiger partial charge in [-0.25, -0.2) is 14.1 Å². The molecule has 4 atom stereocenters. The molecule has 2 saturated heterocycles. The van der Waals surface area contributed by atoms with Crippen LogP contribution in [0.15, 0.2) is 97.2 Å². The first-order valence-electron chi connectivity index (χ1n) is 19.9. The summed E-state index contributed by atoms with van der Waals surface area (Å²) in [6.07, 6.45) is -2.38. The predicted molar refractivity (Wildman–Crippen MR) is 210 cm³/mol. The molecule has 3 amide bonds. The Hall–Kier alpha value is -6.16. The number of carbonyl (C=O) groups is 3. The molecule has 0 aliphatic carbocycles. The number of ether oxygens (including phenoxy) is 2. The second kappa shape index (κ2) is 17.2. The first kappa shape index (κ1) is 40.6. The van der Waals surface area contributed by atoms with Crippen molar-refractivity contribution in [2.24, 2.45) is 11.8 Å². The molecule has 6 bridgehead atoms. The smallest absolute Gasteiger partial charge is 0.416 e. The number of aromatic nitrogens is 4. The largest absolute Gasteiger partial charge is 0.478 e. The summed E-state index contributed by atoms with van der Waals surface area (Å²) in [6.45, 7) is 1.12. The van der Waals surface area contributed by atoms with Crippen molar-refractivity contribution in [3.05, 3.63) is 125 Å². The quantitative estimate of drug-likeness (QED) is 0.161. The maximum absolute atomic E-state index is 14.6. The lowest BCUT2D eigenvalue weighted by molar-refractivity contribution is -0.139. The fraction of sp³-hybridized carbons (Fsp3) is 0.364. The molecule has 16 heteroatoms. The van der Waals surface area contributed by atoms with Crippen LogP contribution in [0.3, 0.4) is 0 Å². The van der Waals surface area contributed by atoms with Crippen LogP contribution in [0.25, 0.3) is 16.9 Å². The third-order valence-corrected chi connectivity index (χ3v) is 11.5. The van der Waals surface area contributed by atoms with Crippen LogP contribution in [-0.4, -0.2) is 97.8 Å². The second-order valence-electron chi connectivity index (χ2n) is 15.6. The van der Waals surface area contributed by atoms with Crippen LogP contribution < -0.4 is 4.74 Å². The lowest BCUT2D eigenvalue weighted by Crippen LogP contribution is -2.52. The van der Waals surface area contributed by atoms with Gasteiger partial charge in [-0.2, -0.15) is 13.2 Å². The SMILES string of the molecule is CN(Cc1ccccc1)C(=O)C[C@@H]1CCN2C[C@@H]1CCOc1cc(C(F)(F)F)cc(n1)-c1cccc(c1)C(=O)N1C[C@H](OCc3cn(-c4ccc(F)cc4)nn3)C[C@H]1C2=O. The number of fused-ring (bicyclic) bond motifs is 8. The van der Waals surface area contributed by atoms with Gasteiger partial charge in [0, 0.05) is 63.3 Å². The maximum Gasteiger partial charge on any atom is 0.416 e. The first-order chi connectivity index (χ1) is 28.9. The number of piperidine rings is 1. The van der Waals surface area contributed by atoms with E-state index in [1.807, 2.05) is 30.3 Å². The molecule has 3 aliphatic rings. The second-order valence-corrected chi connectivity index (χ2v) is 15.6. The predicted octanol–water partition coefficient (Wildman–Crippen LogP) is 6.58. The van der Waals surface area contributed by atoms with Gasteiger partial charge in [0.15, 0.2) is 0 Å². The Morgan fingerprint density at radius 2 is 1.73 bits per heavy atom. The molecule has 0 spiro atoms. The van der Waals surface area contributed by atoms with E-state index in [9.17, 15) is 31.9 Å². The minimum absolute atomic E-state index is 0.000758. The molecule has 3 aliphatic heterocycles. The van der Waals surface area contributed by atoms with Crippen molar-refractivity contribution in [2.45, 2.75) is 57.2 Å². The van der Waals surface area contributed by atoms with E-state index in [0.29, 0.717) is 37.3 Å². The molecule has 12 nitrogen and oxygen atoms in total. The summed E-state index contributed by atoms with van der Waals surface area (Å²) in [4.78, 5) is 51.9. The van der Waals surface area contributed by atoms with Crippen LogP contribution in [0.2, 0.25) is 0 Å². The number of benzene rings is 3. The molecule has 2 aromatic heterocycles. The van der Waals surface area contributed by atoms with Crippen LogP contribution in [-0.2, 0) is 33.7 Å². The van der Waals surface area contributed by atoms with Crippen molar-refractivity contribution in [1.82, 2.24) is 34.7 Å². The Morgan fingerprint density at radius 1 is 0.950 bits per heavy atom. The highest BCUT2D eigenvalue weighted by molar-refractivity contribution is 5.99. The topological polar surface area (TPSA) is 123 Å². The van der Waals surface area contributed by atoms with Gasteiger partial charge >= 0.3 is 6.18 Å². The van der Waals surface area contributed by atoms with Crippen LogP contribution in [0, 0.1) is 17.7 Å². The van der Waals surface area contributed by atoms with Gasteiger partial charge in [-0.05, 0) is 72.7 Å². The van der Waals surface area contributed by atoms with E-state index in [-0.39, 0.29) is 91.3 Å². The Bertz CT molecular complexity index is 2340. The van der Waals surface area contributed by atoms with Crippen LogP contribution in [0.4, 0.5) is 17.6 Å². The Balaban J connectivity index is 1.07. The lowest BCUT2D eigenvalue weighted by Gasteiger charge is -2.40. The number of hydrogen-bond donors (Lipinski definition) is 0. The van der Waals surface area contributed by atoms with Crippen molar-refractivity contribution in [3.63, 3.8) is 0 Å². The number of pyridine rings is 1. The number of nitrogens with zero attached hydrogens (tertiary/aromatic N) is 7. The molecule has 60 heavy (non-hydrogen) atoms. The molecule has 312 valence electrons. The van der Waals surface area contributed by atoms with Crippen molar-refractivity contribution < 1.29 is 41.4 Å². The minimum atomic E-state index is -4.70. The normalized spacial score (nSPS) is 20.8. The van der Waals surface area contributed by atoms with Crippen molar-refractivity contribution in [1.29, 1.82) is 0 Å². The Morgan fingerprint density at radius 3 is 2.52 bits per heavy atom. The van der Waals surface area contributed by atoms with E-state index >= 15 is 0 Å². The Labute approximate surface area is 343 Å². The highest BCUT2D eigenvalue weighted by Crippen LogP contribution is 2.36. The third-order valence-electron chi connectivity index (χ3n) is 11.5. The summed E-state index contributed by atoms with van der Waals surface area (Å²) in [6, 6.07) is 22.4. The van der Waals surface area contributed by atoms with Gasteiger partial charge in [0.2, 0.25) is 17.7 Å². The fourth-order valence-corrected chi connectivity index (χ4v) is 8.26. The van der Waals surface area contributed by atoms with Gasteiger partial charge in [0.25, 0.3) is 5.91 Å². The number of amides is 3. The molecule has 2 fully saturated rings. The zero-order valence-corrected chi connectivity index (χ0v) is 32.8. The summed E-state index contributed by atoms with van der Waals surface area (Å²) in [7, 11) is 1.75. The first-order valence-corrected chi connectivity index (χ1v) is 19.9. The molecule has 3 aromatic carbocycles. The third kappa shape index (κ3) is 9.18. The van der Waals surface area contributed by atoms with Crippen LogP contribution in [0.1, 0.15) is 52.9 Å². The minimum Gasteiger partial charge on any atom is -0.478 e. The summed E-state index contributed by atoms with van der Waals surface area (Å²) in [5.74, 6) is -1.80. The molecular weight excluding hydrogens is 783 g/mol. The molecule has 0 N–H and O–H groups in total. The van der Waals surface area contributed by atoms with E-state index in [1.54, 1.807) is 53.4 Å². The van der Waals surface area contributed by atoms with E-state index in [1.165, 1.54) is 27.8 Å². The van der Waals surface area contributed by atoms with Gasteiger partial charge in [0.1, 0.15) is 17.6 Å². The number of rotatable bonds is 8. The van der Waals surface area contributed by atoms with E-state index < -0.39 is 29.8 Å². The summed E-state index contributed by atoms with van der Waals surface area (Å²) < 4.78 is 69.7. The molecule has 5 heterocycles. The average Bonchev–Trinajstić information content (AvgIpc) is 3.91. The highest BCUT2D eigenvalue weighted by Gasteiger charge is 2.44. The molecular formula is C44H43F4N7O5. The molecule has 0 saturated carbocycles. The standard InChI is InChI=1S/C44H43F4N7O5/c1-52(23-28-6-3-2-4-7-28)41(56)19-29-14-16-53-24-32(29)15-17-59-40-21-33(44(46,47)48)20-38(49-40)30-8-5-9-31(18-30)42(57)54-26-37(22-39(54)43(53)58)60-27-35-25-55(51-50-35)36-12-10-34(45)11-13-36/h2-13,18,20-21,25,29,32,37,39H,14-17,19,22-24,26-27H2,1H3/t29-,32-,37+,39-/m0/s1. The zero-order valence-electron chi connectivity index (χ0n) is 32.8. The maximum atomic E-state index is 14.6. The summed E-state index contributed by atoms with van der Waals surface area (Å²) >= 11 is 0. The van der Waals surface area contributed by atoms with Crippen LogP contribution >= 0.6 is 0 Å². The van der Waals surface area contributed by atoms with Gasteiger partial charge in [-0.1, -0.05) is 47.7 Å². The van der Waals surface area contributed by atoms with E-state index in [4.69, 9.17) is 9.47 Å². The fourth-order valence-electron chi connectivity index (χ4n) is 8.26. The summed E-state index contributed by atoms with van der Waals surface area (Å²) in [5, 5.41) is 8.30. The average molecular weight is 826 g/mol. The molecule has 5 aromatic rings. The molecule has 0 unspecified atom stereocenters. The van der Waals surface area contributed by atoms with Gasteiger partial charge in [-0.15, -0.1) is 5.10 Å². The highest BCUT2D eigenvalue weighted by atomic mass is 19.4.